The lowest BCUT2D eigenvalue weighted by atomic mass is 10.1. The topological polar surface area (TPSA) is 72.2 Å². The molecular weight excluding hydrogens is 343 g/mol. The van der Waals surface area contributed by atoms with Crippen molar-refractivity contribution < 1.29 is 14.1 Å². The number of halogens is 2. The van der Waals surface area contributed by atoms with E-state index in [1.165, 1.54) is 31.2 Å². The van der Waals surface area contributed by atoms with Gasteiger partial charge in [-0.05, 0) is 47.1 Å². The monoisotopic (exact) mass is 352 g/mol. The van der Waals surface area contributed by atoms with Gasteiger partial charge in [0.05, 0.1) is 20.6 Å². The van der Waals surface area contributed by atoms with Crippen LogP contribution in [-0.4, -0.2) is 10.8 Å². The Morgan fingerprint density at radius 1 is 1.33 bits per heavy atom. The summed E-state index contributed by atoms with van der Waals surface area (Å²) in [6.45, 7) is 1.54. The van der Waals surface area contributed by atoms with Gasteiger partial charge in [-0.25, -0.2) is 4.39 Å². The Morgan fingerprint density at radius 2 is 2.05 bits per heavy atom. The molecule has 0 aliphatic rings. The molecule has 0 aromatic heterocycles. The van der Waals surface area contributed by atoms with Crippen LogP contribution in [0.15, 0.2) is 40.9 Å². The maximum absolute atomic E-state index is 13.4. The number of anilines is 1. The van der Waals surface area contributed by atoms with Crippen molar-refractivity contribution in [3.8, 4) is 0 Å². The standard InChI is InChI=1S/C14H10BrFN2O3/c1-8-12(3-2-4-13(8)18(20)21)17-14(19)9-5-6-10(15)11(16)7-9/h2-7H,1H3,(H,17,19). The highest BCUT2D eigenvalue weighted by molar-refractivity contribution is 9.10. The van der Waals surface area contributed by atoms with Crippen molar-refractivity contribution in [1.82, 2.24) is 0 Å². The number of benzene rings is 2. The Labute approximate surface area is 128 Å². The summed E-state index contributed by atoms with van der Waals surface area (Å²) in [5.41, 5.74) is 0.697. The number of carbonyl (C=O) groups excluding carboxylic acids is 1. The number of hydrogen-bond acceptors (Lipinski definition) is 3. The van der Waals surface area contributed by atoms with Gasteiger partial charge in [0.1, 0.15) is 5.82 Å². The van der Waals surface area contributed by atoms with E-state index in [-0.39, 0.29) is 15.7 Å². The van der Waals surface area contributed by atoms with Crippen LogP contribution in [0.3, 0.4) is 0 Å². The van der Waals surface area contributed by atoms with Crippen molar-refractivity contribution in [2.45, 2.75) is 6.92 Å². The van der Waals surface area contributed by atoms with Gasteiger partial charge >= 0.3 is 0 Å². The quantitative estimate of drug-likeness (QED) is 0.668. The molecular formula is C14H10BrFN2O3. The van der Waals surface area contributed by atoms with E-state index in [1.54, 1.807) is 6.07 Å². The third kappa shape index (κ3) is 3.25. The summed E-state index contributed by atoms with van der Waals surface area (Å²) in [7, 11) is 0. The van der Waals surface area contributed by atoms with Crippen LogP contribution in [-0.2, 0) is 0 Å². The number of amides is 1. The molecule has 1 amide bonds. The molecule has 0 spiro atoms. The van der Waals surface area contributed by atoms with Crippen LogP contribution in [0, 0.1) is 22.9 Å². The van der Waals surface area contributed by atoms with Crippen molar-refractivity contribution in [3.05, 3.63) is 67.9 Å². The Kier molecular flexibility index (Phi) is 4.32. The molecule has 2 aromatic carbocycles. The van der Waals surface area contributed by atoms with Gasteiger partial charge in [-0.3, -0.25) is 14.9 Å². The van der Waals surface area contributed by atoms with Crippen LogP contribution in [0.5, 0.6) is 0 Å². The molecule has 0 saturated heterocycles. The van der Waals surface area contributed by atoms with E-state index in [1.807, 2.05) is 0 Å². The largest absolute Gasteiger partial charge is 0.321 e. The number of nitro groups is 1. The molecule has 0 aliphatic heterocycles. The fourth-order valence-electron chi connectivity index (χ4n) is 1.79. The van der Waals surface area contributed by atoms with E-state index in [0.717, 1.165) is 6.07 Å². The lowest BCUT2D eigenvalue weighted by molar-refractivity contribution is -0.385. The first-order chi connectivity index (χ1) is 9.90. The number of nitrogens with zero attached hydrogens (tertiary/aromatic N) is 1. The second-order valence-corrected chi connectivity index (χ2v) is 5.14. The molecule has 1 N–H and O–H groups in total. The molecule has 2 rings (SSSR count). The highest BCUT2D eigenvalue weighted by Crippen LogP contribution is 2.25. The van der Waals surface area contributed by atoms with E-state index in [4.69, 9.17) is 0 Å². The summed E-state index contributed by atoms with van der Waals surface area (Å²) in [6, 6.07) is 8.34. The fourth-order valence-corrected chi connectivity index (χ4v) is 2.04. The minimum atomic E-state index is -0.557. The first kappa shape index (κ1) is 15.1. The predicted molar refractivity (Wildman–Crippen MR) is 79.9 cm³/mol. The molecule has 0 atom stereocenters. The summed E-state index contributed by atoms with van der Waals surface area (Å²) in [6.07, 6.45) is 0. The van der Waals surface area contributed by atoms with Crippen molar-refractivity contribution in [3.63, 3.8) is 0 Å². The van der Waals surface area contributed by atoms with Gasteiger partial charge in [-0.1, -0.05) is 6.07 Å². The van der Waals surface area contributed by atoms with Gasteiger partial charge < -0.3 is 5.32 Å². The van der Waals surface area contributed by atoms with Gasteiger partial charge in [0, 0.05) is 11.6 Å². The number of nitro benzene ring substituents is 1. The fraction of sp³-hybridized carbons (Fsp3) is 0.0714. The number of carbonyl (C=O) groups is 1. The third-order valence-corrected chi connectivity index (χ3v) is 3.58. The molecule has 0 unspecified atom stereocenters. The van der Waals surface area contributed by atoms with E-state index in [2.05, 4.69) is 21.2 Å². The SMILES string of the molecule is Cc1c(NC(=O)c2ccc(Br)c(F)c2)cccc1[N+](=O)[O-]. The Hall–Kier alpha value is -2.28. The number of hydrogen-bond donors (Lipinski definition) is 1. The van der Waals surface area contributed by atoms with Gasteiger partial charge in [-0.2, -0.15) is 0 Å². The highest BCUT2D eigenvalue weighted by Gasteiger charge is 2.16. The van der Waals surface area contributed by atoms with E-state index in [9.17, 15) is 19.3 Å². The third-order valence-electron chi connectivity index (χ3n) is 2.93. The minimum Gasteiger partial charge on any atom is -0.321 e. The molecule has 0 heterocycles. The average molecular weight is 353 g/mol. The van der Waals surface area contributed by atoms with Crippen LogP contribution in [0.1, 0.15) is 15.9 Å². The summed E-state index contributed by atoms with van der Waals surface area (Å²) < 4.78 is 13.7. The summed E-state index contributed by atoms with van der Waals surface area (Å²) >= 11 is 3.00. The zero-order valence-corrected chi connectivity index (χ0v) is 12.5. The Morgan fingerprint density at radius 3 is 2.67 bits per heavy atom. The molecule has 0 aliphatic carbocycles. The molecule has 0 bridgehead atoms. The molecule has 0 saturated carbocycles. The summed E-state index contributed by atoms with van der Waals surface area (Å²) in [5.74, 6) is -1.09. The lowest BCUT2D eigenvalue weighted by Crippen LogP contribution is -2.13. The molecule has 5 nitrogen and oxygen atoms in total. The van der Waals surface area contributed by atoms with Crippen LogP contribution >= 0.6 is 15.9 Å². The van der Waals surface area contributed by atoms with Crippen LogP contribution < -0.4 is 5.32 Å². The zero-order chi connectivity index (χ0) is 15.6. The van der Waals surface area contributed by atoms with Gasteiger partial charge in [0.25, 0.3) is 11.6 Å². The number of rotatable bonds is 3. The smallest absolute Gasteiger partial charge is 0.274 e. The highest BCUT2D eigenvalue weighted by atomic mass is 79.9. The maximum atomic E-state index is 13.4. The van der Waals surface area contributed by atoms with Gasteiger partial charge in [-0.15, -0.1) is 0 Å². The molecule has 108 valence electrons. The average Bonchev–Trinajstić information content (AvgIpc) is 2.43. The van der Waals surface area contributed by atoms with E-state index >= 15 is 0 Å². The van der Waals surface area contributed by atoms with Crippen molar-refractivity contribution in [1.29, 1.82) is 0 Å². The van der Waals surface area contributed by atoms with Gasteiger partial charge in [0.15, 0.2) is 0 Å². The lowest BCUT2D eigenvalue weighted by Gasteiger charge is -2.09. The molecule has 0 radical (unpaired) electrons. The second kappa shape index (κ2) is 6.01. The second-order valence-electron chi connectivity index (χ2n) is 4.29. The Bertz CT molecular complexity index is 734. The van der Waals surface area contributed by atoms with Gasteiger partial charge in [0.2, 0.25) is 0 Å². The van der Waals surface area contributed by atoms with E-state index < -0.39 is 16.6 Å². The molecule has 0 fully saturated rings. The van der Waals surface area contributed by atoms with Crippen molar-refractivity contribution in [2.75, 3.05) is 5.32 Å². The van der Waals surface area contributed by atoms with Crippen LogP contribution in [0.4, 0.5) is 15.8 Å². The maximum Gasteiger partial charge on any atom is 0.274 e. The van der Waals surface area contributed by atoms with E-state index in [0.29, 0.717) is 11.3 Å². The van der Waals surface area contributed by atoms with Crippen LogP contribution in [0.2, 0.25) is 0 Å². The van der Waals surface area contributed by atoms with Crippen molar-refractivity contribution in [2.24, 2.45) is 0 Å². The first-order valence-electron chi connectivity index (χ1n) is 5.90. The number of nitrogens with one attached hydrogen (secondary N) is 1. The summed E-state index contributed by atoms with van der Waals surface area (Å²) in [4.78, 5) is 22.4. The van der Waals surface area contributed by atoms with Crippen molar-refractivity contribution >= 4 is 33.2 Å². The minimum absolute atomic E-state index is 0.0882. The molecule has 2 aromatic rings. The van der Waals surface area contributed by atoms with Crippen LogP contribution in [0.25, 0.3) is 0 Å². The first-order valence-corrected chi connectivity index (χ1v) is 6.70. The normalized spacial score (nSPS) is 10.2. The summed E-state index contributed by atoms with van der Waals surface area (Å²) in [5, 5.41) is 13.4. The molecule has 7 heteroatoms. The molecule has 21 heavy (non-hydrogen) atoms. The zero-order valence-electron chi connectivity index (χ0n) is 10.9. The Balaban J connectivity index is 2.29. The predicted octanol–water partition coefficient (Wildman–Crippen LogP) is 4.06.